The van der Waals surface area contributed by atoms with Gasteiger partial charge in [0, 0.05) is 11.1 Å². The second-order valence-electron chi connectivity index (χ2n) is 11.0. The molecule has 0 radical (unpaired) electrons. The molecule has 0 N–H and O–H groups in total. The topological polar surface area (TPSA) is 12.9 Å². The van der Waals surface area contributed by atoms with E-state index in [2.05, 4.69) is 125 Å². The Labute approximate surface area is 229 Å². The minimum atomic E-state index is 0.644. The summed E-state index contributed by atoms with van der Waals surface area (Å²) in [5, 5.41) is 4.75. The molecule has 188 valence electrons. The molecule has 0 aliphatic carbocycles. The van der Waals surface area contributed by atoms with Gasteiger partial charge in [-0.1, -0.05) is 80.6 Å². The van der Waals surface area contributed by atoms with E-state index in [-0.39, 0.29) is 0 Å². The lowest BCUT2D eigenvalue weighted by molar-refractivity contribution is 0.647. The summed E-state index contributed by atoms with van der Waals surface area (Å²) in [6.07, 6.45) is 1.11. The van der Waals surface area contributed by atoms with E-state index in [0.29, 0.717) is 5.92 Å². The Morgan fingerprint density at radius 3 is 2.16 bits per heavy atom. The molecule has 2 heteroatoms. The molecule has 38 heavy (non-hydrogen) atoms. The van der Waals surface area contributed by atoms with Crippen LogP contribution < -0.4 is 0 Å². The predicted octanol–water partition coefficient (Wildman–Crippen LogP) is 10.6. The van der Waals surface area contributed by atoms with Gasteiger partial charge < -0.3 is 0 Å². The second kappa shape index (κ2) is 9.85. The summed E-state index contributed by atoms with van der Waals surface area (Å²) < 4.78 is 1.28. The molecule has 0 unspecified atom stereocenters. The number of thiophene rings is 1. The lowest BCUT2D eigenvalue weighted by Gasteiger charge is -2.17. The summed E-state index contributed by atoms with van der Waals surface area (Å²) in [7, 11) is 0. The molecule has 0 bridgehead atoms. The molecule has 0 fully saturated rings. The number of aryl methyl sites for hydroxylation is 3. The molecule has 1 nitrogen and oxygen atoms in total. The highest BCUT2D eigenvalue weighted by Crippen LogP contribution is 2.41. The van der Waals surface area contributed by atoms with Gasteiger partial charge in [0.05, 0.1) is 15.9 Å². The third-order valence-corrected chi connectivity index (χ3v) is 8.57. The maximum atomic E-state index is 5.26. The Balaban J connectivity index is 1.60. The van der Waals surface area contributed by atoms with E-state index in [1.54, 1.807) is 0 Å². The quantitative estimate of drug-likeness (QED) is 0.224. The molecule has 6 rings (SSSR count). The zero-order valence-electron chi connectivity index (χ0n) is 22.8. The van der Waals surface area contributed by atoms with Gasteiger partial charge in [0.15, 0.2) is 0 Å². The largest absolute Gasteiger partial charge is 0.247 e. The zero-order valence-corrected chi connectivity index (χ0v) is 23.6. The molecule has 2 heterocycles. The summed E-state index contributed by atoms with van der Waals surface area (Å²) in [5.41, 5.74) is 13.8. The van der Waals surface area contributed by atoms with Gasteiger partial charge in [-0.3, -0.25) is 0 Å². The van der Waals surface area contributed by atoms with Crippen LogP contribution in [0.3, 0.4) is 0 Å². The normalized spacial score (nSPS) is 11.6. The first-order chi connectivity index (χ1) is 18.4. The van der Waals surface area contributed by atoms with E-state index in [1.807, 2.05) is 11.3 Å². The molecule has 0 atom stereocenters. The molecule has 0 amide bonds. The molecule has 0 spiro atoms. The van der Waals surface area contributed by atoms with E-state index < -0.39 is 0 Å². The first-order valence-electron chi connectivity index (χ1n) is 13.5. The monoisotopic (exact) mass is 511 g/mol. The van der Waals surface area contributed by atoms with Crippen LogP contribution in [-0.2, 0) is 6.42 Å². The standard InChI is InChI=1S/C36H33NS/c1-22(2)15-26-16-23(3)34(24(4)17-26)32-20-33(37-35-25(5)21-38-36(32)35)29-18-28-13-9-10-14-30(28)31(19-29)27-11-7-6-8-12-27/h6-14,16-22H,15H2,1-5H3. The number of rotatable bonds is 5. The number of fused-ring (bicyclic) bond motifs is 2. The lowest BCUT2D eigenvalue weighted by atomic mass is 9.90. The molecule has 0 aliphatic heterocycles. The zero-order chi connectivity index (χ0) is 26.4. The van der Waals surface area contributed by atoms with Crippen LogP contribution in [0.25, 0.3) is 54.5 Å². The fourth-order valence-corrected chi connectivity index (χ4v) is 6.85. The van der Waals surface area contributed by atoms with Gasteiger partial charge in [-0.25, -0.2) is 4.98 Å². The van der Waals surface area contributed by atoms with Gasteiger partial charge in [0.2, 0.25) is 0 Å². The number of aromatic nitrogens is 1. The van der Waals surface area contributed by atoms with Crippen LogP contribution >= 0.6 is 11.3 Å². The highest BCUT2D eigenvalue weighted by Gasteiger charge is 2.18. The van der Waals surface area contributed by atoms with E-state index in [0.717, 1.165) is 23.2 Å². The van der Waals surface area contributed by atoms with Crippen molar-refractivity contribution in [2.24, 2.45) is 5.92 Å². The lowest BCUT2D eigenvalue weighted by Crippen LogP contribution is -1.98. The fourth-order valence-electron chi connectivity index (χ4n) is 5.84. The van der Waals surface area contributed by atoms with Gasteiger partial charge in [-0.15, -0.1) is 11.3 Å². The molecule has 0 aliphatic rings. The van der Waals surface area contributed by atoms with Crippen molar-refractivity contribution < 1.29 is 0 Å². The summed E-state index contributed by atoms with van der Waals surface area (Å²) in [6, 6.07) is 31.1. The Hall–Kier alpha value is -3.75. The van der Waals surface area contributed by atoms with Crippen molar-refractivity contribution in [1.82, 2.24) is 4.98 Å². The van der Waals surface area contributed by atoms with Crippen LogP contribution in [0, 0.1) is 26.7 Å². The Morgan fingerprint density at radius 1 is 0.711 bits per heavy atom. The van der Waals surface area contributed by atoms with Crippen LogP contribution in [0.2, 0.25) is 0 Å². The van der Waals surface area contributed by atoms with E-state index >= 15 is 0 Å². The maximum absolute atomic E-state index is 5.26. The Morgan fingerprint density at radius 2 is 1.42 bits per heavy atom. The molecular formula is C36H33NS. The van der Waals surface area contributed by atoms with Gasteiger partial charge in [-0.2, -0.15) is 0 Å². The average Bonchev–Trinajstić information content (AvgIpc) is 3.28. The van der Waals surface area contributed by atoms with Crippen molar-refractivity contribution in [2.45, 2.75) is 41.0 Å². The number of pyridine rings is 1. The van der Waals surface area contributed by atoms with Crippen molar-refractivity contribution in [3.8, 4) is 33.5 Å². The van der Waals surface area contributed by atoms with Gasteiger partial charge in [0.1, 0.15) is 0 Å². The summed E-state index contributed by atoms with van der Waals surface area (Å²) in [4.78, 5) is 5.26. The third-order valence-electron chi connectivity index (χ3n) is 7.45. The minimum absolute atomic E-state index is 0.644. The first-order valence-corrected chi connectivity index (χ1v) is 14.3. The van der Waals surface area contributed by atoms with Crippen LogP contribution in [0.4, 0.5) is 0 Å². The van der Waals surface area contributed by atoms with Crippen molar-refractivity contribution in [2.75, 3.05) is 0 Å². The summed E-state index contributed by atoms with van der Waals surface area (Å²) >= 11 is 1.81. The van der Waals surface area contributed by atoms with Crippen molar-refractivity contribution in [1.29, 1.82) is 0 Å². The fraction of sp³-hybridized carbons (Fsp3) is 0.194. The smallest absolute Gasteiger partial charge is 0.0852 e. The van der Waals surface area contributed by atoms with Gasteiger partial charge >= 0.3 is 0 Å². The van der Waals surface area contributed by atoms with Gasteiger partial charge in [-0.05, 0) is 106 Å². The minimum Gasteiger partial charge on any atom is -0.247 e. The predicted molar refractivity (Wildman–Crippen MR) is 166 cm³/mol. The molecule has 4 aromatic carbocycles. The van der Waals surface area contributed by atoms with Crippen LogP contribution in [-0.4, -0.2) is 4.98 Å². The second-order valence-corrected chi connectivity index (χ2v) is 11.8. The van der Waals surface area contributed by atoms with E-state index in [1.165, 1.54) is 60.0 Å². The number of hydrogen-bond acceptors (Lipinski definition) is 2. The molecule has 0 saturated heterocycles. The maximum Gasteiger partial charge on any atom is 0.0852 e. The number of benzene rings is 4. The third kappa shape index (κ3) is 4.44. The van der Waals surface area contributed by atoms with Crippen molar-refractivity contribution in [3.05, 3.63) is 113 Å². The first kappa shape index (κ1) is 24.6. The van der Waals surface area contributed by atoms with Crippen LogP contribution in [0.1, 0.15) is 36.1 Å². The van der Waals surface area contributed by atoms with E-state index in [4.69, 9.17) is 4.98 Å². The summed E-state index contributed by atoms with van der Waals surface area (Å²) in [5.74, 6) is 0.644. The molecule has 6 aromatic rings. The molecule has 0 saturated carbocycles. The molecular weight excluding hydrogens is 478 g/mol. The number of nitrogens with zero attached hydrogens (tertiary/aromatic N) is 1. The highest BCUT2D eigenvalue weighted by molar-refractivity contribution is 7.18. The van der Waals surface area contributed by atoms with Crippen LogP contribution in [0.15, 0.2) is 90.3 Å². The number of hydrogen-bond donors (Lipinski definition) is 0. The average molecular weight is 512 g/mol. The van der Waals surface area contributed by atoms with Crippen molar-refractivity contribution >= 4 is 32.3 Å². The Bertz CT molecular complexity index is 1770. The SMILES string of the molecule is Cc1cc(CC(C)C)cc(C)c1-c1cc(-c2cc(-c3ccccc3)c3ccccc3c2)nc2c(C)csc12. The van der Waals surface area contributed by atoms with Crippen molar-refractivity contribution in [3.63, 3.8) is 0 Å². The van der Waals surface area contributed by atoms with E-state index in [9.17, 15) is 0 Å². The Kier molecular flexibility index (Phi) is 6.37. The highest BCUT2D eigenvalue weighted by atomic mass is 32.1. The van der Waals surface area contributed by atoms with Crippen LogP contribution in [0.5, 0.6) is 0 Å². The summed E-state index contributed by atoms with van der Waals surface area (Å²) in [6.45, 7) is 11.3. The molecule has 2 aromatic heterocycles. The van der Waals surface area contributed by atoms with Gasteiger partial charge in [0.25, 0.3) is 0 Å².